The maximum atomic E-state index is 14.4. The number of carbonyl (C=O) groups excluding carboxylic acids is 1. The monoisotopic (exact) mass is 423 g/mol. The first kappa shape index (κ1) is 20.4. The Hall–Kier alpha value is -3.31. The molecule has 1 atom stereocenters. The standard InChI is InChI=1S/C17H8F7NO4/c1-5(15(26)27)25-10-2-6(12-13(21)8(19)3-9(20)14(12)22)7(18)4-11(10)29-17(23,24)16(25)28/h2-5H,1H3,(H,26,27). The molecule has 1 N–H and O–H groups in total. The first-order chi connectivity index (χ1) is 13.4. The van der Waals surface area contributed by atoms with Gasteiger partial charge in [0, 0.05) is 17.7 Å². The minimum absolute atomic E-state index is 0.00949. The van der Waals surface area contributed by atoms with E-state index in [4.69, 9.17) is 5.11 Å². The molecule has 5 nitrogen and oxygen atoms in total. The van der Waals surface area contributed by atoms with Crippen molar-refractivity contribution in [2.75, 3.05) is 4.90 Å². The summed E-state index contributed by atoms with van der Waals surface area (Å²) in [5.74, 6) is -14.3. The van der Waals surface area contributed by atoms with Crippen molar-refractivity contribution in [2.45, 2.75) is 19.1 Å². The van der Waals surface area contributed by atoms with Gasteiger partial charge in [0.25, 0.3) is 0 Å². The van der Waals surface area contributed by atoms with Crippen molar-refractivity contribution in [3.8, 4) is 16.9 Å². The number of amides is 1. The molecule has 1 amide bonds. The molecule has 2 aromatic carbocycles. The van der Waals surface area contributed by atoms with Crippen LogP contribution in [0.1, 0.15) is 6.92 Å². The lowest BCUT2D eigenvalue weighted by Gasteiger charge is -2.35. The van der Waals surface area contributed by atoms with Gasteiger partial charge in [0.05, 0.1) is 11.3 Å². The maximum Gasteiger partial charge on any atom is 0.483 e. The molecule has 0 aliphatic carbocycles. The van der Waals surface area contributed by atoms with Gasteiger partial charge in [-0.25, -0.2) is 26.7 Å². The summed E-state index contributed by atoms with van der Waals surface area (Å²) in [7, 11) is 0. The fourth-order valence-electron chi connectivity index (χ4n) is 2.74. The number of carboxylic acids is 1. The Morgan fingerprint density at radius 3 is 2.10 bits per heavy atom. The molecule has 12 heteroatoms. The molecule has 0 fully saturated rings. The van der Waals surface area contributed by atoms with Gasteiger partial charge in [-0.15, -0.1) is 0 Å². The zero-order valence-electron chi connectivity index (χ0n) is 14.1. The highest BCUT2D eigenvalue weighted by Gasteiger charge is 2.53. The second kappa shape index (κ2) is 6.64. The highest BCUT2D eigenvalue weighted by atomic mass is 19.3. The smallest absolute Gasteiger partial charge is 0.480 e. The Kier molecular flexibility index (Phi) is 4.67. The number of rotatable bonds is 3. The van der Waals surface area contributed by atoms with E-state index in [2.05, 4.69) is 4.74 Å². The molecule has 1 aliphatic rings. The van der Waals surface area contributed by atoms with Gasteiger partial charge in [0.1, 0.15) is 11.9 Å². The van der Waals surface area contributed by atoms with Crippen LogP contribution in [0.25, 0.3) is 11.1 Å². The molecule has 1 aliphatic heterocycles. The van der Waals surface area contributed by atoms with E-state index >= 15 is 0 Å². The van der Waals surface area contributed by atoms with E-state index in [0.717, 1.165) is 6.92 Å². The number of ether oxygens (including phenoxy) is 1. The Labute approximate surface area is 156 Å². The summed E-state index contributed by atoms with van der Waals surface area (Å²) in [4.78, 5) is 23.2. The van der Waals surface area contributed by atoms with Crippen LogP contribution in [-0.2, 0) is 9.59 Å². The molecular formula is C17H8F7NO4. The minimum atomic E-state index is -4.56. The zero-order chi connectivity index (χ0) is 21.8. The highest BCUT2D eigenvalue weighted by Crippen LogP contribution is 2.44. The summed E-state index contributed by atoms with van der Waals surface area (Å²) in [6, 6.07) is -1.49. The van der Waals surface area contributed by atoms with Crippen LogP contribution in [0.15, 0.2) is 18.2 Å². The van der Waals surface area contributed by atoms with E-state index < -0.39 is 75.7 Å². The molecule has 1 unspecified atom stereocenters. The Morgan fingerprint density at radius 2 is 1.59 bits per heavy atom. The third-order valence-corrected chi connectivity index (χ3v) is 4.14. The fourth-order valence-corrected chi connectivity index (χ4v) is 2.74. The predicted octanol–water partition coefficient (Wildman–Crippen LogP) is 3.84. The lowest BCUT2D eigenvalue weighted by atomic mass is 10.0. The van der Waals surface area contributed by atoms with Crippen LogP contribution in [0, 0.1) is 29.1 Å². The summed E-state index contributed by atoms with van der Waals surface area (Å²) in [6.45, 7) is 0.831. The van der Waals surface area contributed by atoms with Gasteiger partial charge in [0.2, 0.25) is 0 Å². The Balaban J connectivity index is 2.33. The van der Waals surface area contributed by atoms with Gasteiger partial charge < -0.3 is 9.84 Å². The number of carboxylic acid groups (broad SMARTS) is 1. The molecule has 0 spiro atoms. The second-order valence-electron chi connectivity index (χ2n) is 5.95. The van der Waals surface area contributed by atoms with Gasteiger partial charge in [-0.2, -0.15) is 8.78 Å². The average molecular weight is 423 g/mol. The van der Waals surface area contributed by atoms with Gasteiger partial charge in [-0.05, 0) is 13.0 Å². The highest BCUT2D eigenvalue weighted by molar-refractivity contribution is 6.05. The number of anilines is 1. The summed E-state index contributed by atoms with van der Waals surface area (Å²) in [6.07, 6.45) is -4.56. The number of fused-ring (bicyclic) bond motifs is 1. The first-order valence-corrected chi connectivity index (χ1v) is 7.67. The van der Waals surface area contributed by atoms with Crippen LogP contribution >= 0.6 is 0 Å². The lowest BCUT2D eigenvalue weighted by Crippen LogP contribution is -2.55. The quantitative estimate of drug-likeness (QED) is 0.602. The minimum Gasteiger partial charge on any atom is -0.480 e. The molecular weight excluding hydrogens is 415 g/mol. The van der Waals surface area contributed by atoms with Crippen LogP contribution in [0.4, 0.5) is 36.4 Å². The molecule has 0 saturated heterocycles. The summed E-state index contributed by atoms with van der Waals surface area (Å²) in [5.41, 5.74) is -3.47. The fraction of sp³-hybridized carbons (Fsp3) is 0.176. The molecule has 0 saturated carbocycles. The van der Waals surface area contributed by atoms with Gasteiger partial charge in [-0.3, -0.25) is 9.69 Å². The Bertz CT molecular complexity index is 1030. The van der Waals surface area contributed by atoms with Crippen molar-refractivity contribution in [1.29, 1.82) is 0 Å². The number of halogens is 7. The molecule has 29 heavy (non-hydrogen) atoms. The van der Waals surface area contributed by atoms with E-state index in [-0.39, 0.29) is 17.0 Å². The zero-order valence-corrected chi connectivity index (χ0v) is 14.1. The van der Waals surface area contributed by atoms with Crippen molar-refractivity contribution in [3.05, 3.63) is 47.3 Å². The third-order valence-electron chi connectivity index (χ3n) is 4.14. The topological polar surface area (TPSA) is 66.8 Å². The third kappa shape index (κ3) is 3.13. The van der Waals surface area contributed by atoms with Crippen molar-refractivity contribution >= 4 is 17.6 Å². The van der Waals surface area contributed by atoms with Gasteiger partial charge in [-0.1, -0.05) is 0 Å². The van der Waals surface area contributed by atoms with E-state index in [1.807, 2.05) is 0 Å². The van der Waals surface area contributed by atoms with Crippen molar-refractivity contribution in [2.24, 2.45) is 0 Å². The van der Waals surface area contributed by atoms with E-state index in [0.29, 0.717) is 6.07 Å². The SMILES string of the molecule is CC(C(=O)O)N1C(=O)C(F)(F)Oc2cc(F)c(-c3c(F)c(F)cc(F)c3F)cc21. The number of hydrogen-bond acceptors (Lipinski definition) is 3. The van der Waals surface area contributed by atoms with Gasteiger partial charge >= 0.3 is 18.0 Å². The summed E-state index contributed by atoms with van der Waals surface area (Å²) >= 11 is 0. The maximum absolute atomic E-state index is 14.4. The lowest BCUT2D eigenvalue weighted by molar-refractivity contribution is -0.193. The van der Waals surface area contributed by atoms with Crippen molar-refractivity contribution < 1.29 is 50.2 Å². The number of aliphatic carboxylic acids is 1. The number of nitrogens with zero attached hydrogens (tertiary/aromatic N) is 1. The van der Waals surface area contributed by atoms with E-state index in [1.54, 1.807) is 0 Å². The molecule has 0 bridgehead atoms. The molecule has 0 radical (unpaired) electrons. The molecule has 2 aromatic rings. The van der Waals surface area contributed by atoms with Crippen LogP contribution in [0.2, 0.25) is 0 Å². The normalized spacial score (nSPS) is 16.3. The number of carbonyl (C=O) groups is 2. The average Bonchev–Trinajstić information content (AvgIpc) is 2.61. The van der Waals surface area contributed by atoms with Gasteiger partial charge in [0.15, 0.2) is 29.0 Å². The van der Waals surface area contributed by atoms with E-state index in [1.165, 1.54) is 0 Å². The molecule has 154 valence electrons. The summed E-state index contributed by atoms with van der Waals surface area (Å²) in [5, 5.41) is 9.08. The van der Waals surface area contributed by atoms with Crippen LogP contribution in [-0.4, -0.2) is 29.1 Å². The van der Waals surface area contributed by atoms with Crippen LogP contribution in [0.5, 0.6) is 5.75 Å². The summed E-state index contributed by atoms with van der Waals surface area (Å²) < 4.78 is 101. The predicted molar refractivity (Wildman–Crippen MR) is 81.8 cm³/mol. The number of hydrogen-bond donors (Lipinski definition) is 1. The Morgan fingerprint density at radius 1 is 1.03 bits per heavy atom. The second-order valence-corrected chi connectivity index (χ2v) is 5.95. The van der Waals surface area contributed by atoms with Crippen molar-refractivity contribution in [1.82, 2.24) is 0 Å². The van der Waals surface area contributed by atoms with Crippen molar-refractivity contribution in [3.63, 3.8) is 0 Å². The van der Waals surface area contributed by atoms with Crippen LogP contribution in [0.3, 0.4) is 0 Å². The molecule has 0 aromatic heterocycles. The molecule has 1 heterocycles. The first-order valence-electron chi connectivity index (χ1n) is 7.67. The van der Waals surface area contributed by atoms with E-state index in [9.17, 15) is 40.3 Å². The molecule has 3 rings (SSSR count). The number of alkyl halides is 2. The van der Waals surface area contributed by atoms with Crippen LogP contribution < -0.4 is 9.64 Å². The number of benzene rings is 2. The largest absolute Gasteiger partial charge is 0.483 e.